The molecule has 0 saturated heterocycles. The van der Waals surface area contributed by atoms with E-state index in [1.807, 2.05) is 26.0 Å². The summed E-state index contributed by atoms with van der Waals surface area (Å²) >= 11 is 3.40. The van der Waals surface area contributed by atoms with Gasteiger partial charge in [0.1, 0.15) is 0 Å². The predicted octanol–water partition coefficient (Wildman–Crippen LogP) is 2.36. The van der Waals surface area contributed by atoms with Crippen LogP contribution in [-0.4, -0.2) is 34.9 Å². The summed E-state index contributed by atoms with van der Waals surface area (Å²) in [4.78, 5) is 13.9. The first-order chi connectivity index (χ1) is 8.99. The first-order valence-electron chi connectivity index (χ1n) is 6.01. The van der Waals surface area contributed by atoms with E-state index in [0.717, 1.165) is 16.5 Å². The number of amides is 1. The van der Waals surface area contributed by atoms with Gasteiger partial charge in [0.2, 0.25) is 0 Å². The molecule has 5 nitrogen and oxygen atoms in total. The standard InChI is InChI=1S/C13H18BrN3O2/c1-3-6-17(8-12(15)16-19)13(18)10-4-5-11(14)9(2)7-10/h4-5,7,19H,3,6,8H2,1-2H3,(H2,15,16). The zero-order chi connectivity index (χ0) is 14.4. The summed E-state index contributed by atoms with van der Waals surface area (Å²) in [6, 6.07) is 5.42. The number of halogens is 1. The van der Waals surface area contributed by atoms with Crippen LogP contribution in [0.1, 0.15) is 29.3 Å². The maximum atomic E-state index is 12.4. The smallest absolute Gasteiger partial charge is 0.254 e. The van der Waals surface area contributed by atoms with Gasteiger partial charge in [0.05, 0.1) is 6.54 Å². The Balaban J connectivity index is 2.95. The number of benzene rings is 1. The zero-order valence-electron chi connectivity index (χ0n) is 11.1. The summed E-state index contributed by atoms with van der Waals surface area (Å²) in [7, 11) is 0. The number of nitrogens with two attached hydrogens (primary N) is 1. The zero-order valence-corrected chi connectivity index (χ0v) is 12.6. The maximum Gasteiger partial charge on any atom is 0.254 e. The van der Waals surface area contributed by atoms with Gasteiger partial charge in [-0.2, -0.15) is 0 Å². The summed E-state index contributed by atoms with van der Waals surface area (Å²) in [5, 5.41) is 11.5. The van der Waals surface area contributed by atoms with Gasteiger partial charge in [0.15, 0.2) is 5.84 Å². The number of nitrogens with zero attached hydrogens (tertiary/aromatic N) is 2. The topological polar surface area (TPSA) is 78.9 Å². The van der Waals surface area contributed by atoms with Crippen molar-refractivity contribution in [3.05, 3.63) is 33.8 Å². The Morgan fingerprint density at radius 2 is 2.21 bits per heavy atom. The molecule has 3 N–H and O–H groups in total. The van der Waals surface area contributed by atoms with Crippen molar-refractivity contribution in [1.82, 2.24) is 4.90 Å². The lowest BCUT2D eigenvalue weighted by Crippen LogP contribution is -2.39. The Hall–Kier alpha value is -1.56. The second kappa shape index (κ2) is 7.13. The van der Waals surface area contributed by atoms with Crippen molar-refractivity contribution in [3.63, 3.8) is 0 Å². The fourth-order valence-electron chi connectivity index (χ4n) is 1.71. The normalized spacial score (nSPS) is 11.4. The number of carbonyl (C=O) groups excluding carboxylic acids is 1. The monoisotopic (exact) mass is 327 g/mol. The number of amidine groups is 1. The maximum absolute atomic E-state index is 12.4. The average molecular weight is 328 g/mol. The van der Waals surface area contributed by atoms with Crippen molar-refractivity contribution in [1.29, 1.82) is 0 Å². The lowest BCUT2D eigenvalue weighted by Gasteiger charge is -2.21. The van der Waals surface area contributed by atoms with Crippen LogP contribution in [0.3, 0.4) is 0 Å². The summed E-state index contributed by atoms with van der Waals surface area (Å²) in [5.41, 5.74) is 7.06. The summed E-state index contributed by atoms with van der Waals surface area (Å²) < 4.78 is 0.961. The third-order valence-corrected chi connectivity index (χ3v) is 3.56. The highest BCUT2D eigenvalue weighted by atomic mass is 79.9. The van der Waals surface area contributed by atoms with Crippen molar-refractivity contribution < 1.29 is 10.0 Å². The SMILES string of the molecule is CCCN(C/C(N)=N/O)C(=O)c1ccc(Br)c(C)c1. The molecule has 0 saturated carbocycles. The molecular weight excluding hydrogens is 310 g/mol. The Kier molecular flexibility index (Phi) is 5.82. The van der Waals surface area contributed by atoms with Gasteiger partial charge in [0.25, 0.3) is 5.91 Å². The fraction of sp³-hybridized carbons (Fsp3) is 0.385. The molecule has 0 aliphatic rings. The van der Waals surface area contributed by atoms with Gasteiger partial charge >= 0.3 is 0 Å². The first-order valence-corrected chi connectivity index (χ1v) is 6.80. The van der Waals surface area contributed by atoms with Crippen LogP contribution in [0.5, 0.6) is 0 Å². The lowest BCUT2D eigenvalue weighted by molar-refractivity contribution is 0.0778. The molecule has 0 atom stereocenters. The van der Waals surface area contributed by atoms with Crippen LogP contribution in [0.25, 0.3) is 0 Å². The van der Waals surface area contributed by atoms with Crippen molar-refractivity contribution in [2.75, 3.05) is 13.1 Å². The van der Waals surface area contributed by atoms with Crippen LogP contribution in [-0.2, 0) is 0 Å². The molecule has 104 valence electrons. The van der Waals surface area contributed by atoms with E-state index in [1.54, 1.807) is 11.0 Å². The van der Waals surface area contributed by atoms with E-state index < -0.39 is 0 Å². The highest BCUT2D eigenvalue weighted by molar-refractivity contribution is 9.10. The van der Waals surface area contributed by atoms with Crippen LogP contribution in [0.15, 0.2) is 27.8 Å². The van der Waals surface area contributed by atoms with Gasteiger partial charge in [-0.1, -0.05) is 28.0 Å². The molecule has 0 heterocycles. The second-order valence-corrected chi connectivity index (χ2v) is 5.14. The number of rotatable bonds is 5. The van der Waals surface area contributed by atoms with E-state index in [0.29, 0.717) is 12.1 Å². The number of aryl methyl sites for hydroxylation is 1. The molecule has 6 heteroatoms. The molecule has 0 bridgehead atoms. The quantitative estimate of drug-likeness (QED) is 0.377. The van der Waals surface area contributed by atoms with Gasteiger partial charge in [-0.3, -0.25) is 4.79 Å². The van der Waals surface area contributed by atoms with Crippen LogP contribution < -0.4 is 5.73 Å². The molecule has 0 unspecified atom stereocenters. The summed E-state index contributed by atoms with van der Waals surface area (Å²) in [6.07, 6.45) is 0.806. The van der Waals surface area contributed by atoms with Gasteiger partial charge in [-0.15, -0.1) is 0 Å². The minimum Gasteiger partial charge on any atom is -0.409 e. The highest BCUT2D eigenvalue weighted by Gasteiger charge is 2.16. The van der Waals surface area contributed by atoms with Gasteiger partial charge in [-0.05, 0) is 37.1 Å². The highest BCUT2D eigenvalue weighted by Crippen LogP contribution is 2.18. The third kappa shape index (κ3) is 4.24. The van der Waals surface area contributed by atoms with Crippen molar-refractivity contribution in [3.8, 4) is 0 Å². The van der Waals surface area contributed by atoms with Crippen molar-refractivity contribution in [2.45, 2.75) is 20.3 Å². The molecule has 1 aromatic carbocycles. The van der Waals surface area contributed by atoms with Crippen LogP contribution >= 0.6 is 15.9 Å². The first kappa shape index (κ1) is 15.5. The van der Waals surface area contributed by atoms with E-state index >= 15 is 0 Å². The number of carbonyl (C=O) groups is 1. The molecule has 1 rings (SSSR count). The van der Waals surface area contributed by atoms with E-state index in [9.17, 15) is 4.79 Å². The molecule has 0 fully saturated rings. The number of hydrogen-bond donors (Lipinski definition) is 2. The number of hydrogen-bond acceptors (Lipinski definition) is 3. The molecule has 19 heavy (non-hydrogen) atoms. The minimum absolute atomic E-state index is 0.0237. The molecule has 1 amide bonds. The van der Waals surface area contributed by atoms with Crippen molar-refractivity contribution >= 4 is 27.7 Å². The van der Waals surface area contributed by atoms with Gasteiger partial charge in [0, 0.05) is 16.6 Å². The molecule has 0 aromatic heterocycles. The molecule has 0 radical (unpaired) electrons. The largest absolute Gasteiger partial charge is 0.409 e. The summed E-state index contributed by atoms with van der Waals surface area (Å²) in [5.74, 6) is -0.0975. The molecular formula is C13H18BrN3O2. The molecule has 0 aliphatic carbocycles. The van der Waals surface area contributed by atoms with Crippen LogP contribution in [0.4, 0.5) is 0 Å². The number of oxime groups is 1. The van der Waals surface area contributed by atoms with E-state index in [1.165, 1.54) is 0 Å². The average Bonchev–Trinajstić information content (AvgIpc) is 2.40. The van der Waals surface area contributed by atoms with Gasteiger partial charge < -0.3 is 15.8 Å². The van der Waals surface area contributed by atoms with E-state index in [4.69, 9.17) is 10.9 Å². The van der Waals surface area contributed by atoms with Crippen molar-refractivity contribution in [2.24, 2.45) is 10.9 Å². The summed E-state index contributed by atoms with van der Waals surface area (Å²) in [6.45, 7) is 4.58. The third-order valence-electron chi connectivity index (χ3n) is 2.67. The lowest BCUT2D eigenvalue weighted by atomic mass is 10.1. The Labute approximate surface area is 121 Å². The van der Waals surface area contributed by atoms with Gasteiger partial charge in [-0.25, -0.2) is 0 Å². The fourth-order valence-corrected chi connectivity index (χ4v) is 1.96. The predicted molar refractivity (Wildman–Crippen MR) is 78.5 cm³/mol. The molecule has 1 aromatic rings. The molecule has 0 spiro atoms. The van der Waals surface area contributed by atoms with E-state index in [2.05, 4.69) is 21.1 Å². The van der Waals surface area contributed by atoms with Crippen LogP contribution in [0, 0.1) is 6.92 Å². The second-order valence-electron chi connectivity index (χ2n) is 4.28. The van der Waals surface area contributed by atoms with Crippen LogP contribution in [0.2, 0.25) is 0 Å². The Morgan fingerprint density at radius 3 is 2.74 bits per heavy atom. The Bertz CT molecular complexity index is 489. The minimum atomic E-state index is -0.121. The van der Waals surface area contributed by atoms with E-state index in [-0.39, 0.29) is 18.3 Å². The molecule has 0 aliphatic heterocycles. The Morgan fingerprint density at radius 1 is 1.53 bits per heavy atom.